The maximum absolute atomic E-state index is 11.2. The van der Waals surface area contributed by atoms with Gasteiger partial charge < -0.3 is 5.11 Å². The van der Waals surface area contributed by atoms with E-state index in [0.717, 1.165) is 6.07 Å². The van der Waals surface area contributed by atoms with Gasteiger partial charge in [-0.05, 0) is 29.3 Å². The molecule has 0 bridgehead atoms. The second-order valence-corrected chi connectivity index (χ2v) is 4.10. The number of benzene rings is 2. The third kappa shape index (κ3) is 2.84. The van der Waals surface area contributed by atoms with Crippen molar-refractivity contribution in [1.29, 1.82) is 0 Å². The fourth-order valence-electron chi connectivity index (χ4n) is 1.84. The van der Waals surface area contributed by atoms with Crippen molar-refractivity contribution < 1.29 is 19.7 Å². The lowest BCUT2D eigenvalue weighted by atomic mass is 9.99. The summed E-state index contributed by atoms with van der Waals surface area (Å²) < 4.78 is 0. The van der Waals surface area contributed by atoms with Crippen molar-refractivity contribution in [2.45, 2.75) is 0 Å². The summed E-state index contributed by atoms with van der Waals surface area (Å²) in [5.41, 5.74) is -0.0236. The van der Waals surface area contributed by atoms with Gasteiger partial charge in [-0.25, -0.2) is 4.79 Å². The number of aromatic carboxylic acids is 1. The average molecular weight is 288 g/mol. The molecule has 0 amide bonds. The highest BCUT2D eigenvalue weighted by atomic mass is 16.6. The van der Waals surface area contributed by atoms with Gasteiger partial charge in [-0.2, -0.15) is 0 Å². The molecule has 106 valence electrons. The molecule has 2 rings (SSSR count). The summed E-state index contributed by atoms with van der Waals surface area (Å²) in [7, 11) is 0. The summed E-state index contributed by atoms with van der Waals surface area (Å²) in [5, 5.41) is 30.4. The van der Waals surface area contributed by atoms with E-state index in [-0.39, 0.29) is 22.5 Å². The van der Waals surface area contributed by atoms with Crippen molar-refractivity contribution in [2.75, 3.05) is 0 Å². The van der Waals surface area contributed by atoms with Crippen LogP contribution in [0, 0.1) is 20.2 Å². The van der Waals surface area contributed by atoms with Gasteiger partial charge >= 0.3 is 5.97 Å². The number of nitro groups is 2. The Balaban J connectivity index is 2.54. The Morgan fingerprint density at radius 2 is 1.43 bits per heavy atom. The van der Waals surface area contributed by atoms with Gasteiger partial charge in [0.15, 0.2) is 0 Å². The molecular formula is C13H8N2O6. The Hall–Kier alpha value is -3.29. The zero-order chi connectivity index (χ0) is 15.6. The van der Waals surface area contributed by atoms with Gasteiger partial charge in [0, 0.05) is 24.3 Å². The number of nitrogens with zero attached hydrogens (tertiary/aromatic N) is 2. The highest BCUT2D eigenvalue weighted by Gasteiger charge is 2.17. The molecular weight excluding hydrogens is 280 g/mol. The van der Waals surface area contributed by atoms with Gasteiger partial charge in [0.2, 0.25) is 0 Å². The first kappa shape index (κ1) is 14.1. The molecule has 0 aliphatic carbocycles. The van der Waals surface area contributed by atoms with E-state index in [0.29, 0.717) is 5.56 Å². The number of rotatable bonds is 4. The normalized spacial score (nSPS) is 10.1. The number of non-ortho nitro benzene ring substituents is 2. The van der Waals surface area contributed by atoms with Crippen LogP contribution in [0.25, 0.3) is 11.1 Å². The summed E-state index contributed by atoms with van der Waals surface area (Å²) in [6, 6.07) is 8.72. The Kier molecular flexibility index (Phi) is 3.61. The molecule has 0 saturated heterocycles. The lowest BCUT2D eigenvalue weighted by Gasteiger charge is -2.06. The topological polar surface area (TPSA) is 124 Å². The molecule has 0 aliphatic heterocycles. The fourth-order valence-corrected chi connectivity index (χ4v) is 1.84. The molecule has 0 aromatic heterocycles. The summed E-state index contributed by atoms with van der Waals surface area (Å²) in [6.07, 6.45) is 0. The summed E-state index contributed by atoms with van der Waals surface area (Å²) >= 11 is 0. The standard InChI is InChI=1S/C13H8N2O6/c16-13(17)12-7-10(15(20)21)5-6-11(12)8-1-3-9(4-2-8)14(18)19/h1-7H,(H,16,17). The van der Waals surface area contributed by atoms with Crippen LogP contribution >= 0.6 is 0 Å². The van der Waals surface area contributed by atoms with E-state index in [1.807, 2.05) is 0 Å². The van der Waals surface area contributed by atoms with Gasteiger partial charge in [0.25, 0.3) is 11.4 Å². The van der Waals surface area contributed by atoms with Gasteiger partial charge in [-0.1, -0.05) is 0 Å². The average Bonchev–Trinajstić information content (AvgIpc) is 2.46. The second kappa shape index (κ2) is 5.37. The third-order valence-corrected chi connectivity index (χ3v) is 2.83. The summed E-state index contributed by atoms with van der Waals surface area (Å²) in [4.78, 5) is 31.2. The van der Waals surface area contributed by atoms with Crippen molar-refractivity contribution in [2.24, 2.45) is 0 Å². The lowest BCUT2D eigenvalue weighted by Crippen LogP contribution is -2.01. The monoisotopic (exact) mass is 288 g/mol. The van der Waals surface area contributed by atoms with E-state index < -0.39 is 15.8 Å². The number of carbonyl (C=O) groups is 1. The number of carboxylic acids is 1. The minimum absolute atomic E-state index is 0.127. The van der Waals surface area contributed by atoms with Crippen LogP contribution in [0.15, 0.2) is 42.5 Å². The SMILES string of the molecule is O=C(O)c1cc([N+](=O)[O-])ccc1-c1ccc([N+](=O)[O-])cc1. The number of hydrogen-bond donors (Lipinski definition) is 1. The largest absolute Gasteiger partial charge is 0.478 e. The molecule has 0 saturated carbocycles. The maximum Gasteiger partial charge on any atom is 0.336 e. The fraction of sp³-hybridized carbons (Fsp3) is 0. The van der Waals surface area contributed by atoms with E-state index in [2.05, 4.69) is 0 Å². The molecule has 0 unspecified atom stereocenters. The van der Waals surface area contributed by atoms with Crippen LogP contribution in [-0.2, 0) is 0 Å². The summed E-state index contributed by atoms with van der Waals surface area (Å²) in [5.74, 6) is -1.31. The van der Waals surface area contributed by atoms with Gasteiger partial charge in [0.05, 0.1) is 15.4 Å². The van der Waals surface area contributed by atoms with Crippen molar-refractivity contribution in [3.05, 3.63) is 68.3 Å². The van der Waals surface area contributed by atoms with Crippen molar-refractivity contribution in [3.8, 4) is 11.1 Å². The van der Waals surface area contributed by atoms with Crippen molar-refractivity contribution in [3.63, 3.8) is 0 Å². The van der Waals surface area contributed by atoms with Crippen LogP contribution in [0.2, 0.25) is 0 Å². The quantitative estimate of drug-likeness (QED) is 0.681. The zero-order valence-electron chi connectivity index (χ0n) is 10.4. The highest BCUT2D eigenvalue weighted by molar-refractivity contribution is 5.96. The predicted octanol–water partition coefficient (Wildman–Crippen LogP) is 2.87. The van der Waals surface area contributed by atoms with Crippen LogP contribution in [0.3, 0.4) is 0 Å². The maximum atomic E-state index is 11.2. The molecule has 1 N–H and O–H groups in total. The number of nitro benzene ring substituents is 2. The van der Waals surface area contributed by atoms with Crippen LogP contribution in [0.4, 0.5) is 11.4 Å². The Labute approximate surface area is 117 Å². The molecule has 21 heavy (non-hydrogen) atoms. The van der Waals surface area contributed by atoms with Crippen LogP contribution in [0.5, 0.6) is 0 Å². The Bertz CT molecular complexity index is 739. The molecule has 8 heteroatoms. The molecule has 8 nitrogen and oxygen atoms in total. The van der Waals surface area contributed by atoms with E-state index in [4.69, 9.17) is 5.11 Å². The Morgan fingerprint density at radius 3 is 1.90 bits per heavy atom. The van der Waals surface area contributed by atoms with E-state index in [9.17, 15) is 25.0 Å². The Morgan fingerprint density at radius 1 is 0.905 bits per heavy atom. The zero-order valence-corrected chi connectivity index (χ0v) is 10.4. The van der Waals surface area contributed by atoms with Crippen molar-refractivity contribution >= 4 is 17.3 Å². The van der Waals surface area contributed by atoms with Gasteiger partial charge in [-0.3, -0.25) is 20.2 Å². The molecule has 0 fully saturated rings. The van der Waals surface area contributed by atoms with Crippen molar-refractivity contribution in [1.82, 2.24) is 0 Å². The number of carboxylic acid groups (broad SMARTS) is 1. The van der Waals surface area contributed by atoms with Gasteiger partial charge in [0.1, 0.15) is 0 Å². The van der Waals surface area contributed by atoms with E-state index in [1.165, 1.54) is 36.4 Å². The molecule has 0 heterocycles. The molecule has 0 radical (unpaired) electrons. The summed E-state index contributed by atoms with van der Waals surface area (Å²) in [6.45, 7) is 0. The van der Waals surface area contributed by atoms with Crippen LogP contribution < -0.4 is 0 Å². The first-order chi connectivity index (χ1) is 9.90. The minimum Gasteiger partial charge on any atom is -0.478 e. The second-order valence-electron chi connectivity index (χ2n) is 4.10. The molecule has 0 spiro atoms. The smallest absolute Gasteiger partial charge is 0.336 e. The first-order valence-corrected chi connectivity index (χ1v) is 5.66. The van der Waals surface area contributed by atoms with Gasteiger partial charge in [-0.15, -0.1) is 0 Å². The highest BCUT2D eigenvalue weighted by Crippen LogP contribution is 2.28. The minimum atomic E-state index is -1.31. The predicted molar refractivity (Wildman–Crippen MR) is 72.1 cm³/mol. The molecule has 2 aromatic rings. The molecule has 0 aliphatic rings. The molecule has 2 aromatic carbocycles. The number of hydrogen-bond acceptors (Lipinski definition) is 5. The van der Waals surface area contributed by atoms with Crippen LogP contribution in [-0.4, -0.2) is 20.9 Å². The lowest BCUT2D eigenvalue weighted by molar-refractivity contribution is -0.385. The molecule has 0 atom stereocenters. The van der Waals surface area contributed by atoms with E-state index in [1.54, 1.807) is 0 Å². The van der Waals surface area contributed by atoms with Crippen LogP contribution in [0.1, 0.15) is 10.4 Å². The first-order valence-electron chi connectivity index (χ1n) is 5.66. The third-order valence-electron chi connectivity index (χ3n) is 2.83. The van der Waals surface area contributed by atoms with E-state index >= 15 is 0 Å².